The maximum atomic E-state index is 12.0. The van der Waals surface area contributed by atoms with Crippen LogP contribution in [0, 0.1) is 0 Å². The van der Waals surface area contributed by atoms with Crippen molar-refractivity contribution in [2.75, 3.05) is 13.1 Å². The fraction of sp³-hybridized carbons (Fsp3) is 0.500. The number of amides is 2. The molecule has 0 saturated heterocycles. The number of rotatable bonds is 8. The number of carboxylic acids is 1. The minimum atomic E-state index is -0.802. The number of carbonyl (C=O) groups excluding carboxylic acids is 1. The molecule has 2 N–H and O–H groups in total. The number of carbonyl (C=O) groups is 2. The van der Waals surface area contributed by atoms with Gasteiger partial charge in [-0.3, -0.25) is 9.78 Å². The molecule has 0 saturated carbocycles. The highest BCUT2D eigenvalue weighted by Gasteiger charge is 2.11. The van der Waals surface area contributed by atoms with Gasteiger partial charge in [0.1, 0.15) is 0 Å². The molecule has 0 aliphatic heterocycles. The fourth-order valence-electron chi connectivity index (χ4n) is 1.74. The number of carboxylic acid groups (broad SMARTS) is 1. The number of aromatic nitrogens is 1. The monoisotopic (exact) mass is 279 g/mol. The van der Waals surface area contributed by atoms with Crippen LogP contribution in [0.4, 0.5) is 4.79 Å². The molecule has 110 valence electrons. The van der Waals surface area contributed by atoms with Gasteiger partial charge in [-0.1, -0.05) is 0 Å². The van der Waals surface area contributed by atoms with Crippen LogP contribution in [0.2, 0.25) is 0 Å². The first-order valence-corrected chi connectivity index (χ1v) is 6.77. The van der Waals surface area contributed by atoms with Gasteiger partial charge in [-0.05, 0) is 37.5 Å². The van der Waals surface area contributed by atoms with Gasteiger partial charge in [0, 0.05) is 38.4 Å². The highest BCUT2D eigenvalue weighted by atomic mass is 16.4. The first kappa shape index (κ1) is 15.9. The summed E-state index contributed by atoms with van der Waals surface area (Å²) >= 11 is 0. The highest BCUT2D eigenvalue weighted by molar-refractivity contribution is 5.74. The lowest BCUT2D eigenvalue weighted by Crippen LogP contribution is -2.39. The number of hydrogen-bond donors (Lipinski definition) is 2. The van der Waals surface area contributed by atoms with Gasteiger partial charge in [-0.25, -0.2) is 4.79 Å². The van der Waals surface area contributed by atoms with Crippen LogP contribution in [0.15, 0.2) is 24.5 Å². The van der Waals surface area contributed by atoms with Crippen LogP contribution in [0.3, 0.4) is 0 Å². The minimum Gasteiger partial charge on any atom is -0.481 e. The van der Waals surface area contributed by atoms with Gasteiger partial charge < -0.3 is 15.3 Å². The van der Waals surface area contributed by atoms with Crippen LogP contribution in [0.25, 0.3) is 0 Å². The van der Waals surface area contributed by atoms with Crippen molar-refractivity contribution in [3.8, 4) is 0 Å². The molecule has 1 rings (SSSR count). The Balaban J connectivity index is 2.30. The van der Waals surface area contributed by atoms with Crippen molar-refractivity contribution in [2.24, 2.45) is 0 Å². The maximum Gasteiger partial charge on any atom is 0.317 e. The Kier molecular flexibility index (Phi) is 7.10. The molecule has 0 aliphatic carbocycles. The van der Waals surface area contributed by atoms with E-state index in [1.165, 1.54) is 0 Å². The minimum absolute atomic E-state index is 0.125. The van der Waals surface area contributed by atoms with E-state index in [4.69, 9.17) is 5.11 Å². The van der Waals surface area contributed by atoms with Crippen LogP contribution in [0.1, 0.15) is 31.7 Å². The van der Waals surface area contributed by atoms with E-state index in [1.54, 1.807) is 17.3 Å². The van der Waals surface area contributed by atoms with Gasteiger partial charge in [0.05, 0.1) is 0 Å². The van der Waals surface area contributed by atoms with E-state index in [2.05, 4.69) is 10.3 Å². The summed E-state index contributed by atoms with van der Waals surface area (Å²) in [6, 6.07) is 3.63. The quantitative estimate of drug-likeness (QED) is 0.712. The predicted molar refractivity (Wildman–Crippen MR) is 75.2 cm³/mol. The van der Waals surface area contributed by atoms with Crippen molar-refractivity contribution in [2.45, 2.75) is 32.7 Å². The molecule has 6 nitrogen and oxygen atoms in total. The molecule has 0 unspecified atom stereocenters. The second-order valence-corrected chi connectivity index (χ2v) is 4.45. The van der Waals surface area contributed by atoms with Crippen molar-refractivity contribution in [1.29, 1.82) is 0 Å². The number of urea groups is 1. The maximum absolute atomic E-state index is 12.0. The summed E-state index contributed by atoms with van der Waals surface area (Å²) in [5.41, 5.74) is 1.03. The van der Waals surface area contributed by atoms with Crippen LogP contribution < -0.4 is 5.32 Å². The molecule has 0 aliphatic rings. The fourth-order valence-corrected chi connectivity index (χ4v) is 1.74. The van der Waals surface area contributed by atoms with Gasteiger partial charge in [0.25, 0.3) is 0 Å². The molecule has 1 heterocycles. The van der Waals surface area contributed by atoms with E-state index in [0.29, 0.717) is 32.5 Å². The van der Waals surface area contributed by atoms with E-state index in [9.17, 15) is 9.59 Å². The Morgan fingerprint density at radius 3 is 2.60 bits per heavy atom. The first-order chi connectivity index (χ1) is 9.63. The number of nitrogens with zero attached hydrogens (tertiary/aromatic N) is 2. The van der Waals surface area contributed by atoms with E-state index in [-0.39, 0.29) is 12.5 Å². The van der Waals surface area contributed by atoms with E-state index >= 15 is 0 Å². The molecule has 6 heteroatoms. The summed E-state index contributed by atoms with van der Waals surface area (Å²) in [6.45, 7) is 3.58. The van der Waals surface area contributed by atoms with Gasteiger partial charge >= 0.3 is 12.0 Å². The van der Waals surface area contributed by atoms with Crippen molar-refractivity contribution >= 4 is 12.0 Å². The third-order valence-corrected chi connectivity index (χ3v) is 2.89. The third-order valence-electron chi connectivity index (χ3n) is 2.89. The predicted octanol–water partition coefficient (Wildman–Crippen LogP) is 1.87. The number of nitrogens with one attached hydrogen (secondary N) is 1. The van der Waals surface area contributed by atoms with E-state index < -0.39 is 5.97 Å². The van der Waals surface area contributed by atoms with E-state index in [0.717, 1.165) is 5.56 Å². The van der Waals surface area contributed by atoms with Crippen LogP contribution >= 0.6 is 0 Å². The number of hydrogen-bond acceptors (Lipinski definition) is 3. The van der Waals surface area contributed by atoms with Crippen molar-refractivity contribution in [3.05, 3.63) is 30.1 Å². The summed E-state index contributed by atoms with van der Waals surface area (Å²) in [6.07, 6.45) is 4.79. The van der Waals surface area contributed by atoms with Gasteiger partial charge in [0.15, 0.2) is 0 Å². The second-order valence-electron chi connectivity index (χ2n) is 4.45. The molecule has 20 heavy (non-hydrogen) atoms. The second kappa shape index (κ2) is 8.90. The largest absolute Gasteiger partial charge is 0.481 e. The van der Waals surface area contributed by atoms with Crippen molar-refractivity contribution in [3.63, 3.8) is 0 Å². The molecule has 0 aromatic carbocycles. The standard InChI is InChI=1S/C14H21N3O3/c1-2-17(11-12-6-9-15-10-7-12)14(20)16-8-4-3-5-13(18)19/h6-7,9-10H,2-5,8,11H2,1H3,(H,16,20)(H,18,19). The van der Waals surface area contributed by atoms with Crippen LogP contribution in [-0.4, -0.2) is 40.1 Å². The number of aliphatic carboxylic acids is 1. The average Bonchev–Trinajstić information content (AvgIpc) is 2.45. The average molecular weight is 279 g/mol. The molecular weight excluding hydrogens is 258 g/mol. The normalized spacial score (nSPS) is 10.1. The Labute approximate surface area is 118 Å². The lowest BCUT2D eigenvalue weighted by molar-refractivity contribution is -0.137. The summed E-state index contributed by atoms with van der Waals surface area (Å²) < 4.78 is 0. The zero-order chi connectivity index (χ0) is 14.8. The molecule has 0 fully saturated rings. The SMILES string of the molecule is CCN(Cc1ccncc1)C(=O)NCCCCC(=O)O. The third kappa shape index (κ3) is 6.17. The van der Waals surface area contributed by atoms with Gasteiger partial charge in [0.2, 0.25) is 0 Å². The molecule has 0 atom stereocenters. The molecular formula is C14H21N3O3. The Morgan fingerprint density at radius 1 is 1.30 bits per heavy atom. The zero-order valence-corrected chi connectivity index (χ0v) is 11.7. The summed E-state index contributed by atoms with van der Waals surface area (Å²) in [4.78, 5) is 28.0. The lowest BCUT2D eigenvalue weighted by Gasteiger charge is -2.21. The van der Waals surface area contributed by atoms with Crippen molar-refractivity contribution < 1.29 is 14.7 Å². The number of unbranched alkanes of at least 4 members (excludes halogenated alkanes) is 1. The summed E-state index contributed by atoms with van der Waals surface area (Å²) in [7, 11) is 0. The highest BCUT2D eigenvalue weighted by Crippen LogP contribution is 2.03. The Morgan fingerprint density at radius 2 is 2.00 bits per heavy atom. The topological polar surface area (TPSA) is 82.5 Å². The molecule has 1 aromatic rings. The Hall–Kier alpha value is -2.11. The van der Waals surface area contributed by atoms with Crippen LogP contribution in [0.5, 0.6) is 0 Å². The van der Waals surface area contributed by atoms with Gasteiger partial charge in [-0.2, -0.15) is 0 Å². The van der Waals surface area contributed by atoms with Crippen molar-refractivity contribution in [1.82, 2.24) is 15.2 Å². The Bertz CT molecular complexity index is 423. The zero-order valence-electron chi connectivity index (χ0n) is 11.7. The molecule has 0 spiro atoms. The van der Waals surface area contributed by atoms with Gasteiger partial charge in [-0.15, -0.1) is 0 Å². The molecule has 1 aromatic heterocycles. The molecule has 2 amide bonds. The molecule has 0 radical (unpaired) electrons. The summed E-state index contributed by atoms with van der Waals surface area (Å²) in [5.74, 6) is -0.802. The first-order valence-electron chi connectivity index (χ1n) is 6.77. The van der Waals surface area contributed by atoms with E-state index in [1.807, 2.05) is 19.1 Å². The van der Waals surface area contributed by atoms with Crippen LogP contribution in [-0.2, 0) is 11.3 Å². The molecule has 0 bridgehead atoms. The smallest absolute Gasteiger partial charge is 0.317 e. The summed E-state index contributed by atoms with van der Waals surface area (Å²) in [5, 5.41) is 11.3. The lowest BCUT2D eigenvalue weighted by atomic mass is 10.2. The number of pyridine rings is 1.